The van der Waals surface area contributed by atoms with Crippen LogP contribution in [0, 0.1) is 12.7 Å². The van der Waals surface area contributed by atoms with Crippen LogP contribution in [0.5, 0.6) is 11.5 Å². The number of benzene rings is 2. The Bertz CT molecular complexity index is 988. The van der Waals surface area contributed by atoms with Gasteiger partial charge in [-0.05, 0) is 36.2 Å². The summed E-state index contributed by atoms with van der Waals surface area (Å²) in [6.07, 6.45) is 4.17. The van der Waals surface area contributed by atoms with Crippen LogP contribution in [-0.4, -0.2) is 21.7 Å². The SMILES string of the molecule is Cc1cc(CC=O)ccc1Oc1ccnc2cc(F)c(S(C)=O)cc12. The number of carbonyl (C=O) groups is 1. The van der Waals surface area contributed by atoms with Crippen molar-refractivity contribution >= 4 is 28.0 Å². The Balaban J connectivity index is 2.05. The Morgan fingerprint density at radius 2 is 2.00 bits per heavy atom. The third-order valence-electron chi connectivity index (χ3n) is 3.84. The topological polar surface area (TPSA) is 56.3 Å². The van der Waals surface area contributed by atoms with E-state index in [0.29, 0.717) is 28.8 Å². The van der Waals surface area contributed by atoms with Gasteiger partial charge in [-0.1, -0.05) is 12.1 Å². The van der Waals surface area contributed by atoms with Crippen LogP contribution in [0.25, 0.3) is 10.9 Å². The average Bonchev–Trinajstić information content (AvgIpc) is 2.57. The second-order valence-corrected chi connectivity index (χ2v) is 6.98. The molecule has 3 rings (SSSR count). The van der Waals surface area contributed by atoms with Gasteiger partial charge in [-0.2, -0.15) is 0 Å². The van der Waals surface area contributed by atoms with Gasteiger partial charge in [0.1, 0.15) is 23.6 Å². The minimum atomic E-state index is -1.45. The molecule has 0 aliphatic carbocycles. The predicted molar refractivity (Wildman–Crippen MR) is 95.1 cm³/mol. The lowest BCUT2D eigenvalue weighted by Crippen LogP contribution is -1.96. The average molecular weight is 357 g/mol. The van der Waals surface area contributed by atoms with Gasteiger partial charge in [0.05, 0.1) is 21.2 Å². The Labute approximate surface area is 147 Å². The number of fused-ring (bicyclic) bond motifs is 1. The molecule has 6 heteroatoms. The summed E-state index contributed by atoms with van der Waals surface area (Å²) in [5, 5.41) is 0.588. The molecule has 2 aromatic carbocycles. The molecule has 0 saturated heterocycles. The van der Waals surface area contributed by atoms with E-state index in [9.17, 15) is 13.4 Å². The molecule has 1 unspecified atom stereocenters. The summed E-state index contributed by atoms with van der Waals surface area (Å²) in [5.74, 6) is 0.584. The summed E-state index contributed by atoms with van der Waals surface area (Å²) in [6, 6.07) is 9.97. The van der Waals surface area contributed by atoms with Crippen molar-refractivity contribution in [2.24, 2.45) is 0 Å². The van der Waals surface area contributed by atoms with Gasteiger partial charge in [0.25, 0.3) is 0 Å². The highest BCUT2D eigenvalue weighted by Gasteiger charge is 2.13. The van der Waals surface area contributed by atoms with Crippen molar-refractivity contribution in [2.75, 3.05) is 6.26 Å². The molecule has 1 atom stereocenters. The third kappa shape index (κ3) is 3.58. The monoisotopic (exact) mass is 357 g/mol. The van der Waals surface area contributed by atoms with Gasteiger partial charge in [0.15, 0.2) is 0 Å². The minimum Gasteiger partial charge on any atom is -0.456 e. The second kappa shape index (κ2) is 7.11. The van der Waals surface area contributed by atoms with E-state index in [2.05, 4.69) is 4.98 Å². The first-order chi connectivity index (χ1) is 12.0. The molecular weight excluding hydrogens is 341 g/mol. The molecule has 3 aromatic rings. The fraction of sp³-hybridized carbons (Fsp3) is 0.158. The summed E-state index contributed by atoms with van der Waals surface area (Å²) < 4.78 is 31.7. The van der Waals surface area contributed by atoms with E-state index in [0.717, 1.165) is 17.4 Å². The standard InChI is InChI=1S/C19H16FNO3S/c1-12-9-13(6-8-22)3-4-17(12)24-18-5-7-21-16-11-15(20)19(25(2)23)10-14(16)18/h3-5,7-11H,6H2,1-2H3. The lowest BCUT2D eigenvalue weighted by Gasteiger charge is -2.12. The van der Waals surface area contributed by atoms with Crippen molar-refractivity contribution in [1.82, 2.24) is 4.98 Å². The van der Waals surface area contributed by atoms with Crippen molar-refractivity contribution in [3.8, 4) is 11.5 Å². The zero-order valence-electron chi connectivity index (χ0n) is 13.8. The van der Waals surface area contributed by atoms with Crippen LogP contribution in [-0.2, 0) is 22.0 Å². The first kappa shape index (κ1) is 17.2. The van der Waals surface area contributed by atoms with Gasteiger partial charge in [-0.3, -0.25) is 9.19 Å². The Morgan fingerprint density at radius 1 is 1.20 bits per heavy atom. The van der Waals surface area contributed by atoms with Crippen LogP contribution < -0.4 is 4.74 Å². The lowest BCUT2D eigenvalue weighted by molar-refractivity contribution is -0.107. The molecule has 0 radical (unpaired) electrons. The molecule has 0 bridgehead atoms. The molecule has 1 heterocycles. The van der Waals surface area contributed by atoms with E-state index in [-0.39, 0.29) is 4.90 Å². The number of pyridine rings is 1. The zero-order valence-corrected chi connectivity index (χ0v) is 14.6. The molecule has 0 amide bonds. The van der Waals surface area contributed by atoms with Gasteiger partial charge in [0, 0.05) is 30.3 Å². The molecule has 0 aliphatic heterocycles. The number of rotatable bonds is 5. The molecule has 4 nitrogen and oxygen atoms in total. The fourth-order valence-electron chi connectivity index (χ4n) is 2.60. The van der Waals surface area contributed by atoms with Crippen LogP contribution in [0.2, 0.25) is 0 Å². The highest BCUT2D eigenvalue weighted by atomic mass is 32.2. The molecule has 0 fully saturated rings. The normalized spacial score (nSPS) is 12.1. The number of aromatic nitrogens is 1. The van der Waals surface area contributed by atoms with Crippen LogP contribution in [0.1, 0.15) is 11.1 Å². The van der Waals surface area contributed by atoms with E-state index >= 15 is 0 Å². The van der Waals surface area contributed by atoms with E-state index < -0.39 is 16.6 Å². The maximum Gasteiger partial charge on any atom is 0.141 e. The number of aryl methyl sites for hydroxylation is 1. The second-order valence-electron chi connectivity index (χ2n) is 5.64. The van der Waals surface area contributed by atoms with Crippen molar-refractivity contribution in [1.29, 1.82) is 0 Å². The highest BCUT2D eigenvalue weighted by Crippen LogP contribution is 2.32. The molecule has 0 saturated carbocycles. The van der Waals surface area contributed by atoms with E-state index in [1.54, 1.807) is 12.1 Å². The predicted octanol–water partition coefficient (Wildman–Crippen LogP) is 3.95. The first-order valence-electron chi connectivity index (χ1n) is 7.62. The number of hydrogen-bond donors (Lipinski definition) is 0. The Kier molecular flexibility index (Phi) is 4.90. The maximum atomic E-state index is 14.0. The van der Waals surface area contributed by atoms with Gasteiger partial charge < -0.3 is 9.53 Å². The number of ether oxygens (including phenoxy) is 1. The Hall–Kier alpha value is -2.60. The first-order valence-corrected chi connectivity index (χ1v) is 9.18. The smallest absolute Gasteiger partial charge is 0.141 e. The van der Waals surface area contributed by atoms with Crippen molar-refractivity contribution < 1.29 is 18.1 Å². The summed E-state index contributed by atoms with van der Waals surface area (Å²) in [6.45, 7) is 1.89. The molecule has 128 valence electrons. The van der Waals surface area contributed by atoms with Crippen molar-refractivity contribution in [3.05, 3.63) is 59.5 Å². The summed E-state index contributed by atoms with van der Waals surface area (Å²) >= 11 is 0. The van der Waals surface area contributed by atoms with Crippen molar-refractivity contribution in [2.45, 2.75) is 18.2 Å². The number of halogens is 1. The van der Waals surface area contributed by atoms with Crippen molar-refractivity contribution in [3.63, 3.8) is 0 Å². The largest absolute Gasteiger partial charge is 0.456 e. The highest BCUT2D eigenvalue weighted by molar-refractivity contribution is 7.84. The van der Waals surface area contributed by atoms with Gasteiger partial charge in [0.2, 0.25) is 0 Å². The van der Waals surface area contributed by atoms with Gasteiger partial charge >= 0.3 is 0 Å². The van der Waals surface area contributed by atoms with E-state index in [1.807, 2.05) is 19.1 Å². The van der Waals surface area contributed by atoms with Crippen LogP contribution in [0.15, 0.2) is 47.5 Å². The lowest BCUT2D eigenvalue weighted by atomic mass is 10.1. The molecule has 25 heavy (non-hydrogen) atoms. The molecule has 0 spiro atoms. The quantitative estimate of drug-likeness (QED) is 0.649. The molecule has 0 aliphatic rings. The number of aldehydes is 1. The number of nitrogens with zero attached hydrogens (tertiary/aromatic N) is 1. The summed E-state index contributed by atoms with van der Waals surface area (Å²) in [7, 11) is -1.45. The molecule has 1 aromatic heterocycles. The van der Waals surface area contributed by atoms with Crippen LogP contribution in [0.4, 0.5) is 4.39 Å². The van der Waals surface area contributed by atoms with Gasteiger partial charge in [-0.15, -0.1) is 0 Å². The van der Waals surface area contributed by atoms with Crippen LogP contribution >= 0.6 is 0 Å². The van der Waals surface area contributed by atoms with E-state index in [4.69, 9.17) is 4.74 Å². The number of hydrogen-bond acceptors (Lipinski definition) is 4. The van der Waals surface area contributed by atoms with Crippen LogP contribution in [0.3, 0.4) is 0 Å². The zero-order chi connectivity index (χ0) is 18.0. The summed E-state index contributed by atoms with van der Waals surface area (Å²) in [4.78, 5) is 14.9. The van der Waals surface area contributed by atoms with E-state index in [1.165, 1.54) is 24.6 Å². The minimum absolute atomic E-state index is 0.114. The van der Waals surface area contributed by atoms with Gasteiger partial charge in [-0.25, -0.2) is 4.39 Å². The number of carbonyl (C=O) groups excluding carboxylic acids is 1. The third-order valence-corrected chi connectivity index (χ3v) is 4.78. The summed E-state index contributed by atoms with van der Waals surface area (Å²) in [5.41, 5.74) is 2.22. The fourth-order valence-corrected chi connectivity index (χ4v) is 3.22. The maximum absolute atomic E-state index is 14.0. The molecular formula is C19H16FNO3S. The Morgan fingerprint density at radius 3 is 2.68 bits per heavy atom. The molecule has 0 N–H and O–H groups in total.